The molecule has 0 aromatic heterocycles. The molecule has 0 unspecified atom stereocenters. The first kappa shape index (κ1) is 21.4. The molecule has 27 heavy (non-hydrogen) atoms. The maximum absolute atomic E-state index is 12.4. The van der Waals surface area contributed by atoms with E-state index < -0.39 is 0 Å². The van der Waals surface area contributed by atoms with Crippen molar-refractivity contribution in [1.82, 2.24) is 10.2 Å². The molecule has 0 heterocycles. The van der Waals surface area contributed by atoms with Crippen LogP contribution < -0.4 is 14.8 Å². The van der Waals surface area contributed by atoms with Gasteiger partial charge < -0.3 is 14.8 Å². The predicted octanol–water partition coefficient (Wildman–Crippen LogP) is 4.32. The molecule has 1 amide bonds. The minimum absolute atomic E-state index is 0.0880. The van der Waals surface area contributed by atoms with Gasteiger partial charge in [0.15, 0.2) is 0 Å². The molecule has 0 aliphatic rings. The molecular formula is C20H24Cl2N2O3. The molecule has 0 aliphatic carbocycles. The Labute approximate surface area is 170 Å². The predicted molar refractivity (Wildman–Crippen MR) is 109 cm³/mol. The van der Waals surface area contributed by atoms with Gasteiger partial charge in [0.1, 0.15) is 11.5 Å². The van der Waals surface area contributed by atoms with Crippen LogP contribution in [0.1, 0.15) is 24.1 Å². The third kappa shape index (κ3) is 6.03. The second kappa shape index (κ2) is 9.83. The van der Waals surface area contributed by atoms with Gasteiger partial charge in [0, 0.05) is 12.1 Å². The van der Waals surface area contributed by atoms with Crippen LogP contribution in [0.4, 0.5) is 0 Å². The van der Waals surface area contributed by atoms with E-state index in [4.69, 9.17) is 32.7 Å². The molecule has 2 rings (SSSR count). The molecule has 5 nitrogen and oxygen atoms in total. The highest BCUT2D eigenvalue weighted by atomic mass is 35.5. The fraction of sp³-hybridized carbons (Fsp3) is 0.350. The van der Waals surface area contributed by atoms with Gasteiger partial charge in [-0.3, -0.25) is 9.69 Å². The Morgan fingerprint density at radius 1 is 1.11 bits per heavy atom. The van der Waals surface area contributed by atoms with E-state index in [0.29, 0.717) is 28.1 Å². The van der Waals surface area contributed by atoms with Crippen molar-refractivity contribution in [2.45, 2.75) is 19.5 Å². The molecule has 1 N–H and O–H groups in total. The average molecular weight is 411 g/mol. The Bertz CT molecular complexity index is 799. The van der Waals surface area contributed by atoms with Crippen molar-refractivity contribution in [3.05, 3.63) is 57.6 Å². The lowest BCUT2D eigenvalue weighted by atomic mass is 10.1. The summed E-state index contributed by atoms with van der Waals surface area (Å²) in [5.74, 6) is 1.33. The minimum atomic E-state index is -0.221. The fourth-order valence-electron chi connectivity index (χ4n) is 2.79. The zero-order valence-corrected chi connectivity index (χ0v) is 17.4. The van der Waals surface area contributed by atoms with Crippen molar-refractivity contribution < 1.29 is 14.3 Å². The van der Waals surface area contributed by atoms with Crippen molar-refractivity contribution in [1.29, 1.82) is 0 Å². The zero-order chi connectivity index (χ0) is 20.0. The molecule has 7 heteroatoms. The van der Waals surface area contributed by atoms with E-state index in [1.54, 1.807) is 20.3 Å². The van der Waals surface area contributed by atoms with Gasteiger partial charge in [-0.05, 0) is 49.9 Å². The molecule has 0 saturated carbocycles. The number of nitrogens with zero attached hydrogens (tertiary/aromatic N) is 1. The van der Waals surface area contributed by atoms with Crippen LogP contribution in [-0.2, 0) is 11.3 Å². The smallest absolute Gasteiger partial charge is 0.234 e. The van der Waals surface area contributed by atoms with Gasteiger partial charge in [0.25, 0.3) is 0 Å². The summed E-state index contributed by atoms with van der Waals surface area (Å²) in [5, 5.41) is 4.02. The quantitative estimate of drug-likeness (QED) is 0.703. The Kier molecular flexibility index (Phi) is 7.78. The SMILES string of the molecule is COc1ccc(OC)c([C@@H](C)NC(=O)CN(C)Cc2ccc(Cl)c(Cl)c2)c1. The van der Waals surface area contributed by atoms with Crippen LogP contribution in [0.5, 0.6) is 11.5 Å². The second-order valence-electron chi connectivity index (χ2n) is 6.32. The number of ether oxygens (including phenoxy) is 2. The first-order chi connectivity index (χ1) is 12.8. The highest BCUT2D eigenvalue weighted by Crippen LogP contribution is 2.29. The van der Waals surface area contributed by atoms with Gasteiger partial charge in [0.2, 0.25) is 5.91 Å². The fourth-order valence-corrected chi connectivity index (χ4v) is 3.11. The standard InChI is InChI=1S/C20H24Cl2N2O3/c1-13(16-10-15(26-3)6-8-19(16)27-4)23-20(25)12-24(2)11-14-5-7-17(21)18(22)9-14/h5-10,13H,11-12H2,1-4H3,(H,23,25)/t13-/m1/s1. The average Bonchev–Trinajstić information content (AvgIpc) is 2.63. The van der Waals surface area contributed by atoms with Gasteiger partial charge in [0.05, 0.1) is 36.9 Å². The molecule has 146 valence electrons. The number of nitrogens with one attached hydrogen (secondary N) is 1. The van der Waals surface area contributed by atoms with E-state index in [-0.39, 0.29) is 18.5 Å². The number of hydrogen-bond donors (Lipinski definition) is 1. The number of carbonyl (C=O) groups excluding carboxylic acids is 1. The van der Waals surface area contributed by atoms with E-state index in [1.165, 1.54) is 0 Å². The summed E-state index contributed by atoms with van der Waals surface area (Å²) in [7, 11) is 5.08. The van der Waals surface area contributed by atoms with E-state index in [1.807, 2.05) is 49.2 Å². The molecule has 0 spiro atoms. The van der Waals surface area contributed by atoms with E-state index in [9.17, 15) is 4.79 Å². The van der Waals surface area contributed by atoms with Gasteiger partial charge >= 0.3 is 0 Å². The lowest BCUT2D eigenvalue weighted by Crippen LogP contribution is -2.36. The van der Waals surface area contributed by atoms with E-state index >= 15 is 0 Å². The van der Waals surface area contributed by atoms with Crippen molar-refractivity contribution in [2.24, 2.45) is 0 Å². The van der Waals surface area contributed by atoms with Crippen LogP contribution in [-0.4, -0.2) is 38.6 Å². The van der Waals surface area contributed by atoms with Crippen molar-refractivity contribution in [2.75, 3.05) is 27.8 Å². The van der Waals surface area contributed by atoms with Gasteiger partial charge in [-0.25, -0.2) is 0 Å². The first-order valence-corrected chi connectivity index (χ1v) is 9.23. The number of likely N-dealkylation sites (N-methyl/N-ethyl adjacent to an activating group) is 1. The topological polar surface area (TPSA) is 50.8 Å². The second-order valence-corrected chi connectivity index (χ2v) is 7.13. The summed E-state index contributed by atoms with van der Waals surface area (Å²) in [6.45, 7) is 2.74. The van der Waals surface area contributed by atoms with Gasteiger partial charge in [-0.2, -0.15) is 0 Å². The third-order valence-corrected chi connectivity index (χ3v) is 4.87. The van der Waals surface area contributed by atoms with Gasteiger partial charge in [-0.1, -0.05) is 29.3 Å². The summed E-state index contributed by atoms with van der Waals surface area (Å²) in [4.78, 5) is 14.3. The molecule has 0 aliphatic heterocycles. The molecule has 2 aromatic carbocycles. The largest absolute Gasteiger partial charge is 0.497 e. The van der Waals surface area contributed by atoms with Crippen molar-refractivity contribution in [3.8, 4) is 11.5 Å². The number of hydrogen-bond acceptors (Lipinski definition) is 4. The van der Waals surface area contributed by atoms with Gasteiger partial charge in [-0.15, -0.1) is 0 Å². The third-order valence-electron chi connectivity index (χ3n) is 4.13. The molecule has 1 atom stereocenters. The highest BCUT2D eigenvalue weighted by molar-refractivity contribution is 6.42. The summed E-state index contributed by atoms with van der Waals surface area (Å²) in [6, 6.07) is 10.7. The van der Waals surface area contributed by atoms with Crippen LogP contribution in [0.25, 0.3) is 0 Å². The maximum Gasteiger partial charge on any atom is 0.234 e. The number of rotatable bonds is 8. The summed E-state index contributed by atoms with van der Waals surface area (Å²) in [5.41, 5.74) is 1.85. The maximum atomic E-state index is 12.4. The summed E-state index contributed by atoms with van der Waals surface area (Å²) >= 11 is 12.0. The summed E-state index contributed by atoms with van der Waals surface area (Å²) < 4.78 is 10.6. The van der Waals surface area contributed by atoms with Crippen molar-refractivity contribution in [3.63, 3.8) is 0 Å². The van der Waals surface area contributed by atoms with E-state index in [0.717, 1.165) is 11.1 Å². The Morgan fingerprint density at radius 3 is 2.48 bits per heavy atom. The molecule has 0 bridgehead atoms. The van der Waals surface area contributed by atoms with E-state index in [2.05, 4.69) is 5.32 Å². The van der Waals surface area contributed by atoms with Crippen LogP contribution in [0.2, 0.25) is 10.0 Å². The molecular weight excluding hydrogens is 387 g/mol. The number of halogens is 2. The lowest BCUT2D eigenvalue weighted by Gasteiger charge is -2.21. The Hall–Kier alpha value is -1.95. The normalized spacial score (nSPS) is 12.0. The Balaban J connectivity index is 1.97. The van der Waals surface area contributed by atoms with Crippen molar-refractivity contribution >= 4 is 29.1 Å². The molecule has 2 aromatic rings. The first-order valence-electron chi connectivity index (χ1n) is 8.47. The highest BCUT2D eigenvalue weighted by Gasteiger charge is 2.16. The Morgan fingerprint density at radius 2 is 1.85 bits per heavy atom. The number of carbonyl (C=O) groups is 1. The van der Waals surface area contributed by atoms with Crippen LogP contribution in [0.3, 0.4) is 0 Å². The molecule has 0 fully saturated rings. The number of benzene rings is 2. The van der Waals surface area contributed by atoms with Crippen LogP contribution in [0, 0.1) is 0 Å². The molecule has 0 radical (unpaired) electrons. The number of methoxy groups -OCH3 is 2. The lowest BCUT2D eigenvalue weighted by molar-refractivity contribution is -0.122. The zero-order valence-electron chi connectivity index (χ0n) is 15.9. The minimum Gasteiger partial charge on any atom is -0.497 e. The number of amides is 1. The monoisotopic (exact) mass is 410 g/mol. The molecule has 0 saturated heterocycles. The van der Waals surface area contributed by atoms with Crippen LogP contribution >= 0.6 is 23.2 Å². The summed E-state index contributed by atoms with van der Waals surface area (Å²) in [6.07, 6.45) is 0. The van der Waals surface area contributed by atoms with Crippen LogP contribution in [0.15, 0.2) is 36.4 Å².